The summed E-state index contributed by atoms with van der Waals surface area (Å²) in [6.45, 7) is 6.80. The van der Waals surface area contributed by atoms with Crippen LogP contribution in [-0.2, 0) is 24.5 Å². The first-order chi connectivity index (χ1) is 20.6. The number of carbonyl (C=O) groups is 4. The van der Waals surface area contributed by atoms with E-state index in [2.05, 4.69) is 21.3 Å². The normalized spacial score (nSPS) is 23.1. The van der Waals surface area contributed by atoms with Crippen LogP contribution in [0.3, 0.4) is 0 Å². The molecule has 4 amide bonds. The van der Waals surface area contributed by atoms with E-state index in [1.807, 2.05) is 19.9 Å². The minimum Gasteiger partial charge on any atom is -0.491 e. The molecule has 43 heavy (non-hydrogen) atoms. The smallest absolute Gasteiger partial charge is 0.255 e. The molecule has 4 rings (SSSR count). The molecule has 0 radical (unpaired) electrons. The summed E-state index contributed by atoms with van der Waals surface area (Å²) < 4.78 is 25.6. The number of nitrogens with one attached hydrogen (secondary N) is 4. The van der Waals surface area contributed by atoms with E-state index in [1.54, 1.807) is 37.3 Å². The molecule has 11 heteroatoms. The van der Waals surface area contributed by atoms with Crippen LogP contribution in [0.15, 0.2) is 48.5 Å². The lowest BCUT2D eigenvalue weighted by molar-refractivity contribution is -0.131. The predicted octanol–water partition coefficient (Wildman–Crippen LogP) is 2.61. The van der Waals surface area contributed by atoms with Gasteiger partial charge in [0.25, 0.3) is 5.91 Å². The third-order valence-corrected chi connectivity index (χ3v) is 7.87. The molecule has 2 aliphatic heterocycles. The Hall–Kier alpha value is -3.99. The summed E-state index contributed by atoms with van der Waals surface area (Å²) >= 11 is 0. The highest BCUT2D eigenvalue weighted by molar-refractivity contribution is 6.01. The summed E-state index contributed by atoms with van der Waals surface area (Å²) in [5.41, 5.74) is 0.350. The zero-order valence-corrected chi connectivity index (χ0v) is 24.9. The van der Waals surface area contributed by atoms with Crippen molar-refractivity contribution in [1.82, 2.24) is 21.3 Å². The quantitative estimate of drug-likeness (QED) is 0.405. The third-order valence-electron chi connectivity index (χ3n) is 7.87. The molecule has 0 saturated carbocycles. The maximum Gasteiger partial charge on any atom is 0.255 e. The zero-order valence-electron chi connectivity index (χ0n) is 24.9. The van der Waals surface area contributed by atoms with Gasteiger partial charge < -0.3 is 30.7 Å². The molecule has 1 saturated heterocycles. The van der Waals surface area contributed by atoms with E-state index in [0.717, 1.165) is 5.56 Å². The Labute approximate surface area is 251 Å². The molecule has 0 spiro atoms. The van der Waals surface area contributed by atoms with Crippen molar-refractivity contribution in [3.8, 4) is 5.75 Å². The van der Waals surface area contributed by atoms with Crippen molar-refractivity contribution in [3.63, 3.8) is 0 Å². The van der Waals surface area contributed by atoms with E-state index in [1.165, 1.54) is 12.1 Å². The van der Waals surface area contributed by atoms with Crippen LogP contribution in [0.2, 0.25) is 0 Å². The van der Waals surface area contributed by atoms with Gasteiger partial charge in [-0.1, -0.05) is 38.1 Å². The van der Waals surface area contributed by atoms with E-state index < -0.39 is 47.7 Å². The lowest BCUT2D eigenvalue weighted by Crippen LogP contribution is -2.55. The molecule has 2 aliphatic rings. The van der Waals surface area contributed by atoms with Crippen LogP contribution in [0.25, 0.3) is 0 Å². The van der Waals surface area contributed by atoms with Crippen molar-refractivity contribution >= 4 is 23.6 Å². The van der Waals surface area contributed by atoms with E-state index in [-0.39, 0.29) is 42.1 Å². The van der Waals surface area contributed by atoms with Gasteiger partial charge in [-0.2, -0.15) is 0 Å². The Morgan fingerprint density at radius 1 is 1.05 bits per heavy atom. The standard InChI is InChI=1S/C32H41FN4O6/c1-20(2)15-25-31(41)35-21(3)18-43-27-10-5-4-9-24(27)29(39)37-26(17-28(38)36-25)30(40)34-19-32(11-13-42-14-12-32)22-7-6-8-23(33)16-22/h4-10,16,20-21,25-26H,11-15,17-19H2,1-3H3,(H,34,40)(H,35,41)(H,36,38)(H,37,39)/t21-,25+,26+/m1/s1. The summed E-state index contributed by atoms with van der Waals surface area (Å²) in [4.78, 5) is 53.5. The molecule has 2 aromatic carbocycles. The molecule has 0 aromatic heterocycles. The van der Waals surface area contributed by atoms with E-state index in [0.29, 0.717) is 32.5 Å². The lowest BCUT2D eigenvalue weighted by atomic mass is 9.74. The summed E-state index contributed by atoms with van der Waals surface area (Å²) in [7, 11) is 0. The average Bonchev–Trinajstić information content (AvgIpc) is 2.98. The van der Waals surface area contributed by atoms with Gasteiger partial charge in [0, 0.05) is 25.2 Å². The van der Waals surface area contributed by atoms with Crippen LogP contribution < -0.4 is 26.0 Å². The molecule has 2 heterocycles. The maximum absolute atomic E-state index is 14.2. The maximum atomic E-state index is 14.2. The second-order valence-corrected chi connectivity index (χ2v) is 11.8. The molecule has 0 bridgehead atoms. The highest BCUT2D eigenvalue weighted by Crippen LogP contribution is 2.34. The number of carbonyl (C=O) groups excluding carboxylic acids is 4. The Morgan fingerprint density at radius 3 is 2.51 bits per heavy atom. The van der Waals surface area contributed by atoms with Crippen LogP contribution in [0.1, 0.15) is 62.4 Å². The number of fused-ring (bicyclic) bond motifs is 1. The SMILES string of the molecule is CC(C)C[C@@H]1NC(=O)C[C@@H](C(=O)NCC2(c3cccc(F)c3)CCOCC2)NC(=O)c2ccccc2OC[C@@H](C)NC1=O. The third kappa shape index (κ3) is 8.53. The number of para-hydroxylation sites is 1. The number of benzene rings is 2. The lowest BCUT2D eigenvalue weighted by Gasteiger charge is -2.38. The summed E-state index contributed by atoms with van der Waals surface area (Å²) in [5, 5.41) is 11.2. The van der Waals surface area contributed by atoms with Gasteiger partial charge in [-0.15, -0.1) is 0 Å². The molecule has 1 fully saturated rings. The van der Waals surface area contributed by atoms with Crippen LogP contribution in [-0.4, -0.2) is 68.1 Å². The number of halogens is 1. The number of amides is 4. The number of hydrogen-bond donors (Lipinski definition) is 4. The van der Waals surface area contributed by atoms with Crippen molar-refractivity contribution in [2.24, 2.45) is 5.92 Å². The molecule has 2 aromatic rings. The average molecular weight is 597 g/mol. The fraction of sp³-hybridized carbons (Fsp3) is 0.500. The monoisotopic (exact) mass is 596 g/mol. The van der Waals surface area contributed by atoms with Gasteiger partial charge in [-0.3, -0.25) is 19.2 Å². The first-order valence-corrected chi connectivity index (χ1v) is 14.8. The van der Waals surface area contributed by atoms with E-state index in [9.17, 15) is 23.6 Å². The van der Waals surface area contributed by atoms with Crippen molar-refractivity contribution in [3.05, 3.63) is 65.5 Å². The summed E-state index contributed by atoms with van der Waals surface area (Å²) in [6.07, 6.45) is 1.11. The van der Waals surface area contributed by atoms with Crippen LogP contribution in [0.5, 0.6) is 5.75 Å². The van der Waals surface area contributed by atoms with Crippen molar-refractivity contribution in [1.29, 1.82) is 0 Å². The van der Waals surface area contributed by atoms with E-state index in [4.69, 9.17) is 9.47 Å². The van der Waals surface area contributed by atoms with Gasteiger partial charge in [0.1, 0.15) is 30.3 Å². The number of hydrogen-bond acceptors (Lipinski definition) is 6. The highest BCUT2D eigenvalue weighted by atomic mass is 19.1. The Kier molecular flexibility index (Phi) is 10.7. The zero-order chi connectivity index (χ0) is 31.0. The fourth-order valence-corrected chi connectivity index (χ4v) is 5.49. The largest absolute Gasteiger partial charge is 0.491 e. The molecule has 10 nitrogen and oxygen atoms in total. The molecule has 4 N–H and O–H groups in total. The highest BCUT2D eigenvalue weighted by Gasteiger charge is 2.37. The van der Waals surface area contributed by atoms with Gasteiger partial charge >= 0.3 is 0 Å². The minimum atomic E-state index is -1.26. The first kappa shape index (κ1) is 31.9. The molecule has 0 unspecified atom stereocenters. The summed E-state index contributed by atoms with van der Waals surface area (Å²) in [5.74, 6) is -2.05. The van der Waals surface area contributed by atoms with Gasteiger partial charge in [-0.25, -0.2) is 4.39 Å². The van der Waals surface area contributed by atoms with E-state index >= 15 is 0 Å². The van der Waals surface area contributed by atoms with Crippen LogP contribution in [0.4, 0.5) is 4.39 Å². The Bertz CT molecular complexity index is 1310. The van der Waals surface area contributed by atoms with Gasteiger partial charge in [0.15, 0.2) is 0 Å². The minimum absolute atomic E-state index is 0.0914. The Balaban J connectivity index is 1.60. The second kappa shape index (κ2) is 14.5. The molecule has 232 valence electrons. The van der Waals surface area contributed by atoms with Gasteiger partial charge in [0.2, 0.25) is 17.7 Å². The van der Waals surface area contributed by atoms with Crippen LogP contribution >= 0.6 is 0 Å². The molecule has 3 atom stereocenters. The van der Waals surface area contributed by atoms with Crippen molar-refractivity contribution in [2.75, 3.05) is 26.4 Å². The van der Waals surface area contributed by atoms with Crippen molar-refractivity contribution < 1.29 is 33.0 Å². The molecular formula is C32H41FN4O6. The molecule has 0 aliphatic carbocycles. The van der Waals surface area contributed by atoms with Crippen molar-refractivity contribution in [2.45, 2.75) is 70.0 Å². The number of rotatable bonds is 6. The first-order valence-electron chi connectivity index (χ1n) is 14.8. The fourth-order valence-electron chi connectivity index (χ4n) is 5.49. The number of ether oxygens (including phenoxy) is 2. The Morgan fingerprint density at radius 2 is 1.79 bits per heavy atom. The van der Waals surface area contributed by atoms with Gasteiger partial charge in [0.05, 0.1) is 18.0 Å². The van der Waals surface area contributed by atoms with Gasteiger partial charge in [-0.05, 0) is 61.9 Å². The molecular weight excluding hydrogens is 555 g/mol. The van der Waals surface area contributed by atoms with Crippen LogP contribution in [0, 0.1) is 11.7 Å². The predicted molar refractivity (Wildman–Crippen MR) is 158 cm³/mol. The summed E-state index contributed by atoms with van der Waals surface area (Å²) in [6, 6.07) is 10.4. The topological polar surface area (TPSA) is 135 Å². The second-order valence-electron chi connectivity index (χ2n) is 11.8.